The van der Waals surface area contributed by atoms with Crippen molar-refractivity contribution in [3.63, 3.8) is 0 Å². The van der Waals surface area contributed by atoms with Crippen molar-refractivity contribution in [1.29, 1.82) is 0 Å². The van der Waals surface area contributed by atoms with Gasteiger partial charge in [0.05, 0.1) is 21.8 Å². The molecule has 6 heteroatoms. The highest BCUT2D eigenvalue weighted by atomic mass is 32.1. The molecule has 0 spiro atoms. The lowest BCUT2D eigenvalue weighted by atomic mass is 10.1. The highest BCUT2D eigenvalue weighted by Crippen LogP contribution is 2.23. The first kappa shape index (κ1) is 17.1. The van der Waals surface area contributed by atoms with Gasteiger partial charge in [0.1, 0.15) is 5.82 Å². The Morgan fingerprint density at radius 2 is 2.23 bits per heavy atom. The highest BCUT2D eigenvalue weighted by molar-refractivity contribution is 7.13. The Balaban J connectivity index is 1.47. The molecule has 0 amide bonds. The lowest BCUT2D eigenvalue weighted by Gasteiger charge is -2.27. The lowest BCUT2D eigenvalue weighted by molar-refractivity contribution is 0.241. The maximum atomic E-state index is 12.4. The Labute approximate surface area is 156 Å². The number of pyridine rings is 1. The number of nitrogens with zero attached hydrogens (tertiary/aromatic N) is 3. The van der Waals surface area contributed by atoms with Crippen LogP contribution in [0.5, 0.6) is 0 Å². The van der Waals surface area contributed by atoms with Gasteiger partial charge in [0, 0.05) is 38.7 Å². The molecule has 4 heterocycles. The lowest BCUT2D eigenvalue weighted by Crippen LogP contribution is -2.35. The van der Waals surface area contributed by atoms with E-state index in [4.69, 9.17) is 0 Å². The average molecular weight is 366 g/mol. The molecule has 1 N–H and O–H groups in total. The summed E-state index contributed by atoms with van der Waals surface area (Å²) >= 11 is 1.70. The molecule has 0 radical (unpaired) electrons. The molecule has 0 saturated carbocycles. The van der Waals surface area contributed by atoms with Crippen LogP contribution in [0.4, 0.5) is 0 Å². The molecule has 1 aliphatic rings. The van der Waals surface area contributed by atoms with Gasteiger partial charge in [0.2, 0.25) is 0 Å². The summed E-state index contributed by atoms with van der Waals surface area (Å²) in [5.41, 5.74) is 3.99. The van der Waals surface area contributed by atoms with Crippen LogP contribution in [-0.4, -0.2) is 26.4 Å². The Morgan fingerprint density at radius 3 is 2.96 bits per heavy atom. The Bertz CT molecular complexity index is 931. The quantitative estimate of drug-likeness (QED) is 0.752. The maximum Gasteiger partial charge on any atom is 0.255 e. The van der Waals surface area contributed by atoms with Gasteiger partial charge in [-0.25, -0.2) is 4.98 Å². The van der Waals surface area contributed by atoms with E-state index in [1.165, 1.54) is 10.4 Å². The third-order valence-corrected chi connectivity index (χ3v) is 5.58. The monoisotopic (exact) mass is 366 g/mol. The van der Waals surface area contributed by atoms with Crippen molar-refractivity contribution < 1.29 is 0 Å². The van der Waals surface area contributed by atoms with Gasteiger partial charge < -0.3 is 4.98 Å². The van der Waals surface area contributed by atoms with E-state index in [1.807, 2.05) is 12.3 Å². The Morgan fingerprint density at radius 1 is 1.31 bits per heavy atom. The normalized spacial score (nSPS) is 14.3. The van der Waals surface area contributed by atoms with Crippen LogP contribution in [0, 0.1) is 0 Å². The van der Waals surface area contributed by atoms with Crippen molar-refractivity contribution in [1.82, 2.24) is 19.9 Å². The first-order chi connectivity index (χ1) is 12.7. The molecule has 26 heavy (non-hydrogen) atoms. The molecule has 0 saturated heterocycles. The summed E-state index contributed by atoms with van der Waals surface area (Å²) in [6.45, 7) is 4.46. The molecule has 0 unspecified atom stereocenters. The number of aryl methyl sites for hydroxylation is 1. The van der Waals surface area contributed by atoms with Crippen molar-refractivity contribution in [3.05, 3.63) is 68.8 Å². The van der Waals surface area contributed by atoms with Gasteiger partial charge in [0.15, 0.2) is 0 Å². The minimum absolute atomic E-state index is 0.0225. The number of rotatable bonds is 5. The standard InChI is InChI=1S/C20H22N4OS/c1-2-4-19-22-16-8-9-24(13-15(16)20(25)23-19)12-14-6-7-17(21-11-14)18-5-3-10-26-18/h3,5-7,10-11H,2,4,8-9,12-13H2,1H3,(H,22,23,25). The van der Waals surface area contributed by atoms with E-state index in [9.17, 15) is 4.79 Å². The van der Waals surface area contributed by atoms with E-state index in [1.54, 1.807) is 11.3 Å². The molecule has 0 aromatic carbocycles. The Hall–Kier alpha value is -2.31. The predicted octanol–water partition coefficient (Wildman–Crippen LogP) is 3.40. The second-order valence-electron chi connectivity index (χ2n) is 6.68. The van der Waals surface area contributed by atoms with Gasteiger partial charge in [0.25, 0.3) is 5.56 Å². The third kappa shape index (κ3) is 3.61. The first-order valence-corrected chi connectivity index (χ1v) is 9.93. The van der Waals surface area contributed by atoms with Gasteiger partial charge >= 0.3 is 0 Å². The molecule has 0 bridgehead atoms. The fourth-order valence-electron chi connectivity index (χ4n) is 3.37. The highest BCUT2D eigenvalue weighted by Gasteiger charge is 2.21. The van der Waals surface area contributed by atoms with E-state index < -0.39 is 0 Å². The van der Waals surface area contributed by atoms with Crippen LogP contribution in [0.2, 0.25) is 0 Å². The average Bonchev–Trinajstić information content (AvgIpc) is 3.18. The summed E-state index contributed by atoms with van der Waals surface area (Å²) in [6, 6.07) is 8.33. The number of thiophene rings is 1. The zero-order valence-corrected chi connectivity index (χ0v) is 15.7. The summed E-state index contributed by atoms with van der Waals surface area (Å²) in [4.78, 5) is 28.1. The van der Waals surface area contributed by atoms with Crippen molar-refractivity contribution >= 4 is 11.3 Å². The number of hydrogen-bond acceptors (Lipinski definition) is 5. The third-order valence-electron chi connectivity index (χ3n) is 4.69. The van der Waals surface area contributed by atoms with E-state index in [0.29, 0.717) is 6.54 Å². The second kappa shape index (κ2) is 7.51. The summed E-state index contributed by atoms with van der Waals surface area (Å²) < 4.78 is 0. The number of nitrogens with one attached hydrogen (secondary N) is 1. The van der Waals surface area contributed by atoms with Gasteiger partial charge in [-0.3, -0.25) is 14.7 Å². The first-order valence-electron chi connectivity index (χ1n) is 9.05. The molecule has 134 valence electrons. The summed E-state index contributed by atoms with van der Waals surface area (Å²) in [5.74, 6) is 0.818. The molecule has 3 aromatic heterocycles. The fraction of sp³-hybridized carbons (Fsp3) is 0.350. The molecule has 1 aliphatic heterocycles. The SMILES string of the molecule is CCCc1nc2c(c(=O)[nH]1)CN(Cc1ccc(-c3cccs3)nc1)CC2. The van der Waals surface area contributed by atoms with Crippen LogP contribution in [0.15, 0.2) is 40.6 Å². The van der Waals surface area contributed by atoms with Crippen LogP contribution in [0.1, 0.15) is 36.0 Å². The van der Waals surface area contributed by atoms with Gasteiger partial charge in [-0.1, -0.05) is 19.1 Å². The number of H-pyrrole nitrogens is 1. The zero-order valence-electron chi connectivity index (χ0n) is 14.9. The Kier molecular flexibility index (Phi) is 4.95. The summed E-state index contributed by atoms with van der Waals surface area (Å²) in [7, 11) is 0. The van der Waals surface area contributed by atoms with Crippen molar-refractivity contribution in [2.75, 3.05) is 6.54 Å². The van der Waals surface area contributed by atoms with Crippen molar-refractivity contribution in [2.45, 2.75) is 39.3 Å². The van der Waals surface area contributed by atoms with Gasteiger partial charge in [-0.05, 0) is 29.5 Å². The fourth-order valence-corrected chi connectivity index (χ4v) is 4.07. The molecular formula is C20H22N4OS. The van der Waals surface area contributed by atoms with Crippen LogP contribution in [-0.2, 0) is 25.9 Å². The molecule has 0 atom stereocenters. The smallest absolute Gasteiger partial charge is 0.255 e. The van der Waals surface area contributed by atoms with E-state index in [-0.39, 0.29) is 5.56 Å². The van der Waals surface area contributed by atoms with Crippen molar-refractivity contribution in [3.8, 4) is 10.6 Å². The van der Waals surface area contributed by atoms with E-state index in [2.05, 4.69) is 50.4 Å². The van der Waals surface area contributed by atoms with Crippen LogP contribution >= 0.6 is 11.3 Å². The number of aromatic amines is 1. The van der Waals surface area contributed by atoms with Crippen LogP contribution < -0.4 is 5.56 Å². The largest absolute Gasteiger partial charge is 0.310 e. The number of hydrogen-bond donors (Lipinski definition) is 1. The molecule has 3 aromatic rings. The maximum absolute atomic E-state index is 12.4. The molecule has 0 aliphatic carbocycles. The van der Waals surface area contributed by atoms with E-state index in [0.717, 1.165) is 55.1 Å². The number of aromatic nitrogens is 3. The number of fused-ring (bicyclic) bond motifs is 1. The molecular weight excluding hydrogens is 344 g/mol. The van der Waals surface area contributed by atoms with Crippen LogP contribution in [0.25, 0.3) is 10.6 Å². The van der Waals surface area contributed by atoms with E-state index >= 15 is 0 Å². The minimum atomic E-state index is 0.0225. The summed E-state index contributed by atoms with van der Waals surface area (Å²) in [6.07, 6.45) is 4.59. The predicted molar refractivity (Wildman–Crippen MR) is 104 cm³/mol. The topological polar surface area (TPSA) is 61.9 Å². The zero-order chi connectivity index (χ0) is 17.9. The van der Waals surface area contributed by atoms with Crippen LogP contribution in [0.3, 0.4) is 0 Å². The van der Waals surface area contributed by atoms with Gasteiger partial charge in [-0.2, -0.15) is 0 Å². The van der Waals surface area contributed by atoms with Crippen molar-refractivity contribution in [2.24, 2.45) is 0 Å². The molecule has 5 nitrogen and oxygen atoms in total. The molecule has 0 fully saturated rings. The summed E-state index contributed by atoms with van der Waals surface area (Å²) in [5, 5.41) is 2.06. The second-order valence-corrected chi connectivity index (χ2v) is 7.63. The minimum Gasteiger partial charge on any atom is -0.310 e. The van der Waals surface area contributed by atoms with Gasteiger partial charge in [-0.15, -0.1) is 11.3 Å². The molecule has 4 rings (SSSR count).